The van der Waals surface area contributed by atoms with E-state index in [1.165, 1.54) is 0 Å². The molecule has 0 saturated heterocycles. The fraction of sp³-hybridized carbons (Fsp3) is 0.250. The van der Waals surface area contributed by atoms with Gasteiger partial charge in [-0.05, 0) is 54.1 Å². The van der Waals surface area contributed by atoms with Crippen LogP contribution in [0.15, 0.2) is 12.1 Å². The van der Waals surface area contributed by atoms with Gasteiger partial charge in [0.15, 0.2) is 0 Å². The van der Waals surface area contributed by atoms with Gasteiger partial charge in [0, 0.05) is 0 Å². The molecule has 0 radical (unpaired) electrons. The van der Waals surface area contributed by atoms with Crippen LogP contribution in [0.3, 0.4) is 0 Å². The van der Waals surface area contributed by atoms with Crippen LogP contribution in [-0.2, 0) is 6.18 Å². The highest BCUT2D eigenvalue weighted by Gasteiger charge is 2.32. The fourth-order valence-corrected chi connectivity index (χ4v) is 2.58. The normalized spacial score (nSPS) is 11.8. The number of hydrogen-bond donors (Lipinski definition) is 1. The van der Waals surface area contributed by atoms with Crippen molar-refractivity contribution < 1.29 is 17.9 Å². The lowest BCUT2D eigenvalue weighted by atomic mass is 10.1. The van der Waals surface area contributed by atoms with Gasteiger partial charge in [0.25, 0.3) is 5.88 Å². The maximum Gasteiger partial charge on any atom is 0.416 e. The van der Waals surface area contributed by atoms with Crippen molar-refractivity contribution in [3.63, 3.8) is 0 Å². The highest BCUT2D eigenvalue weighted by molar-refractivity contribution is 14.1. The lowest BCUT2D eigenvalue weighted by molar-refractivity contribution is -0.137. The third-order valence-electron chi connectivity index (χ3n) is 2.60. The number of aromatic amines is 1. The molecule has 3 nitrogen and oxygen atoms in total. The molecule has 1 heterocycles. The van der Waals surface area contributed by atoms with Crippen molar-refractivity contribution in [2.75, 3.05) is 0 Å². The van der Waals surface area contributed by atoms with E-state index < -0.39 is 11.7 Å². The Balaban J connectivity index is 2.41. The van der Waals surface area contributed by atoms with Gasteiger partial charge in [-0.3, -0.25) is 5.10 Å². The van der Waals surface area contributed by atoms with Gasteiger partial charge >= 0.3 is 6.18 Å². The molecule has 1 aromatic carbocycles. The van der Waals surface area contributed by atoms with Crippen LogP contribution in [0.5, 0.6) is 11.6 Å². The van der Waals surface area contributed by atoms with Crippen LogP contribution in [0.25, 0.3) is 0 Å². The van der Waals surface area contributed by atoms with Gasteiger partial charge in [0.05, 0.1) is 14.8 Å². The van der Waals surface area contributed by atoms with E-state index in [0.29, 0.717) is 25.6 Å². The van der Waals surface area contributed by atoms with Crippen LogP contribution >= 0.6 is 34.2 Å². The van der Waals surface area contributed by atoms with Crippen LogP contribution in [-0.4, -0.2) is 10.2 Å². The van der Waals surface area contributed by atoms with E-state index in [1.54, 1.807) is 36.4 Å². The third-order valence-corrected chi connectivity index (χ3v) is 3.84. The molecule has 8 heteroatoms. The summed E-state index contributed by atoms with van der Waals surface area (Å²) in [6.07, 6.45) is -4.39. The summed E-state index contributed by atoms with van der Waals surface area (Å²) in [6.45, 7) is 3.26. The van der Waals surface area contributed by atoms with Crippen LogP contribution in [0.1, 0.15) is 16.8 Å². The summed E-state index contributed by atoms with van der Waals surface area (Å²) in [5, 5.41) is 6.81. The number of nitrogens with one attached hydrogen (secondary N) is 1. The fourth-order valence-electron chi connectivity index (χ4n) is 1.58. The van der Waals surface area contributed by atoms with E-state index in [2.05, 4.69) is 10.2 Å². The van der Waals surface area contributed by atoms with Gasteiger partial charge in [-0.2, -0.15) is 13.2 Å². The molecule has 2 rings (SSSR count). The minimum absolute atomic E-state index is 0.143. The highest BCUT2D eigenvalue weighted by atomic mass is 127. The summed E-state index contributed by atoms with van der Waals surface area (Å²) in [7, 11) is 0. The van der Waals surface area contributed by atoms with Gasteiger partial charge in [-0.1, -0.05) is 11.6 Å². The summed E-state index contributed by atoms with van der Waals surface area (Å²) in [6, 6.07) is 2.06. The van der Waals surface area contributed by atoms with Crippen molar-refractivity contribution in [2.24, 2.45) is 0 Å². The third kappa shape index (κ3) is 3.03. The van der Waals surface area contributed by atoms with Crippen LogP contribution in [0, 0.1) is 17.4 Å². The molecular weight excluding hydrogens is 407 g/mol. The molecule has 0 amide bonds. The van der Waals surface area contributed by atoms with E-state index in [1.807, 2.05) is 0 Å². The molecule has 0 bridgehead atoms. The SMILES string of the molecule is Cc1cc(C(F)(F)F)cc(I)c1Oc1n[nH]c(C)c1Cl. The molecule has 20 heavy (non-hydrogen) atoms. The lowest BCUT2D eigenvalue weighted by Gasteiger charge is -2.13. The number of rotatable bonds is 2. The van der Waals surface area contributed by atoms with E-state index in [0.717, 1.165) is 12.1 Å². The summed E-state index contributed by atoms with van der Waals surface area (Å²) in [5.74, 6) is 0.456. The van der Waals surface area contributed by atoms with E-state index in [-0.39, 0.29) is 5.88 Å². The number of benzene rings is 1. The summed E-state index contributed by atoms with van der Waals surface area (Å²) < 4.78 is 43.9. The Labute approximate surface area is 131 Å². The topological polar surface area (TPSA) is 37.9 Å². The predicted molar refractivity (Wildman–Crippen MR) is 77.3 cm³/mol. The van der Waals surface area contributed by atoms with E-state index in [4.69, 9.17) is 16.3 Å². The number of halogens is 5. The number of alkyl halides is 3. The Morgan fingerprint density at radius 3 is 2.40 bits per heavy atom. The van der Waals surface area contributed by atoms with Crippen LogP contribution in [0.4, 0.5) is 13.2 Å². The van der Waals surface area contributed by atoms with Gasteiger partial charge in [-0.25, -0.2) is 0 Å². The second-order valence-electron chi connectivity index (χ2n) is 4.17. The maximum absolute atomic E-state index is 12.7. The zero-order valence-electron chi connectivity index (χ0n) is 10.4. The molecule has 0 aliphatic carbocycles. The number of ether oxygens (including phenoxy) is 1. The van der Waals surface area contributed by atoms with Gasteiger partial charge < -0.3 is 4.74 Å². The first-order chi connectivity index (χ1) is 9.20. The van der Waals surface area contributed by atoms with Crippen molar-refractivity contribution in [1.29, 1.82) is 0 Å². The highest BCUT2D eigenvalue weighted by Crippen LogP contribution is 2.38. The van der Waals surface area contributed by atoms with Gasteiger partial charge in [0.2, 0.25) is 0 Å². The molecule has 1 N–H and O–H groups in total. The standard InChI is InChI=1S/C12H9ClF3IN2O/c1-5-3-7(12(14,15)16)4-8(17)10(5)20-11-9(13)6(2)18-19-11/h3-4H,1-2H3,(H,18,19). The molecular formula is C12H9ClF3IN2O. The Morgan fingerprint density at radius 2 is 1.95 bits per heavy atom. The number of aryl methyl sites for hydroxylation is 2. The molecule has 0 unspecified atom stereocenters. The quantitative estimate of drug-likeness (QED) is 0.692. The van der Waals surface area contributed by atoms with Gasteiger partial charge in [0.1, 0.15) is 10.8 Å². The molecule has 2 aromatic rings. The second-order valence-corrected chi connectivity index (χ2v) is 5.71. The Hall–Kier alpha value is -0.960. The van der Waals surface area contributed by atoms with Crippen molar-refractivity contribution in [2.45, 2.75) is 20.0 Å². The summed E-state index contributed by atoms with van der Waals surface area (Å²) >= 11 is 7.76. The minimum atomic E-state index is -4.39. The van der Waals surface area contributed by atoms with Crippen molar-refractivity contribution >= 4 is 34.2 Å². The van der Waals surface area contributed by atoms with E-state index >= 15 is 0 Å². The maximum atomic E-state index is 12.7. The van der Waals surface area contributed by atoms with Crippen molar-refractivity contribution in [3.8, 4) is 11.6 Å². The zero-order valence-corrected chi connectivity index (χ0v) is 13.3. The minimum Gasteiger partial charge on any atom is -0.435 e. The first kappa shape index (κ1) is 15.4. The summed E-state index contributed by atoms with van der Waals surface area (Å²) in [4.78, 5) is 0. The average molecular weight is 417 g/mol. The summed E-state index contributed by atoms with van der Waals surface area (Å²) in [5.41, 5.74) is 0.276. The predicted octanol–water partition coefficient (Wildman–Crippen LogP) is 5.10. The molecule has 0 atom stereocenters. The van der Waals surface area contributed by atoms with Crippen LogP contribution in [0.2, 0.25) is 5.02 Å². The van der Waals surface area contributed by atoms with E-state index in [9.17, 15) is 13.2 Å². The number of nitrogens with zero attached hydrogens (tertiary/aromatic N) is 1. The number of H-pyrrole nitrogens is 1. The molecule has 0 fully saturated rings. The monoisotopic (exact) mass is 416 g/mol. The molecule has 0 spiro atoms. The Kier molecular flexibility index (Phi) is 4.19. The lowest BCUT2D eigenvalue weighted by Crippen LogP contribution is -2.06. The first-order valence-corrected chi connectivity index (χ1v) is 6.91. The van der Waals surface area contributed by atoms with Crippen LogP contribution < -0.4 is 4.74 Å². The van der Waals surface area contributed by atoms with Crippen molar-refractivity contribution in [1.82, 2.24) is 10.2 Å². The molecule has 0 saturated carbocycles. The Morgan fingerprint density at radius 1 is 1.30 bits per heavy atom. The molecule has 1 aromatic heterocycles. The number of hydrogen-bond acceptors (Lipinski definition) is 2. The van der Waals surface area contributed by atoms with Gasteiger partial charge in [-0.15, -0.1) is 5.10 Å². The Bertz CT molecular complexity index is 632. The average Bonchev–Trinajstić information content (AvgIpc) is 2.64. The second kappa shape index (κ2) is 5.44. The first-order valence-electron chi connectivity index (χ1n) is 5.46. The number of aromatic nitrogens is 2. The van der Waals surface area contributed by atoms with Crippen molar-refractivity contribution in [3.05, 3.63) is 37.5 Å². The molecule has 108 valence electrons. The largest absolute Gasteiger partial charge is 0.435 e. The molecule has 0 aliphatic rings. The zero-order chi connectivity index (χ0) is 15.1. The molecule has 0 aliphatic heterocycles. The smallest absolute Gasteiger partial charge is 0.416 e.